The predicted molar refractivity (Wildman–Crippen MR) is 110 cm³/mol. The Morgan fingerprint density at radius 2 is 1.86 bits per heavy atom. The van der Waals surface area contributed by atoms with Crippen molar-refractivity contribution in [1.82, 2.24) is 5.32 Å². The SMILES string of the molecule is C=CCNC(=O)[C@H](C)OC(=O)c1ccccc1SCC(=O)Nc1ccc(F)cc1. The summed E-state index contributed by atoms with van der Waals surface area (Å²) in [6, 6.07) is 12.1. The van der Waals surface area contributed by atoms with Gasteiger partial charge in [-0.15, -0.1) is 18.3 Å². The lowest BCUT2D eigenvalue weighted by atomic mass is 10.2. The molecule has 0 saturated carbocycles. The number of esters is 1. The molecule has 0 heterocycles. The molecule has 0 saturated heterocycles. The summed E-state index contributed by atoms with van der Waals surface area (Å²) < 4.78 is 18.1. The minimum atomic E-state index is -0.970. The molecule has 2 aromatic rings. The molecule has 2 aromatic carbocycles. The standard InChI is InChI=1S/C21H21FN2O4S/c1-3-12-23-20(26)14(2)28-21(27)17-6-4-5-7-18(17)29-13-19(25)24-16-10-8-15(22)9-11-16/h3-11,14H,1,12-13H2,2H3,(H,23,26)(H,24,25)/t14-/m0/s1. The Kier molecular flexibility index (Phi) is 8.42. The van der Waals surface area contributed by atoms with Crippen LogP contribution < -0.4 is 10.6 Å². The Morgan fingerprint density at radius 1 is 1.17 bits per heavy atom. The lowest BCUT2D eigenvalue weighted by Gasteiger charge is -2.14. The van der Waals surface area contributed by atoms with Gasteiger partial charge in [0, 0.05) is 17.1 Å². The van der Waals surface area contributed by atoms with E-state index in [9.17, 15) is 18.8 Å². The van der Waals surface area contributed by atoms with E-state index in [0.717, 1.165) is 11.8 Å². The predicted octanol–water partition coefficient (Wildman–Crippen LogP) is 3.40. The number of carbonyl (C=O) groups is 3. The molecule has 1 atom stereocenters. The number of hydrogen-bond donors (Lipinski definition) is 2. The van der Waals surface area contributed by atoms with Crippen LogP contribution in [0.4, 0.5) is 10.1 Å². The second-order valence-electron chi connectivity index (χ2n) is 5.92. The van der Waals surface area contributed by atoms with Crippen molar-refractivity contribution in [3.8, 4) is 0 Å². The smallest absolute Gasteiger partial charge is 0.340 e. The Labute approximate surface area is 172 Å². The molecule has 0 spiro atoms. The van der Waals surface area contributed by atoms with Crippen LogP contribution in [0.1, 0.15) is 17.3 Å². The van der Waals surface area contributed by atoms with E-state index in [1.807, 2.05) is 0 Å². The van der Waals surface area contributed by atoms with E-state index in [0.29, 0.717) is 10.6 Å². The van der Waals surface area contributed by atoms with Gasteiger partial charge in [-0.3, -0.25) is 9.59 Å². The van der Waals surface area contributed by atoms with Crippen LogP contribution in [0.25, 0.3) is 0 Å². The highest BCUT2D eigenvalue weighted by atomic mass is 32.2. The molecule has 29 heavy (non-hydrogen) atoms. The molecule has 0 radical (unpaired) electrons. The number of nitrogens with one attached hydrogen (secondary N) is 2. The molecule has 152 valence electrons. The van der Waals surface area contributed by atoms with Crippen LogP contribution in [0.3, 0.4) is 0 Å². The quantitative estimate of drug-likeness (QED) is 0.372. The van der Waals surface area contributed by atoms with Crippen LogP contribution in [-0.4, -0.2) is 36.2 Å². The van der Waals surface area contributed by atoms with Crippen LogP contribution in [-0.2, 0) is 14.3 Å². The molecular formula is C21H21FN2O4S. The van der Waals surface area contributed by atoms with Crippen molar-refractivity contribution < 1.29 is 23.5 Å². The normalized spacial score (nSPS) is 11.2. The van der Waals surface area contributed by atoms with Gasteiger partial charge in [0.1, 0.15) is 5.82 Å². The fraction of sp³-hybridized carbons (Fsp3) is 0.190. The first kappa shape index (κ1) is 22.2. The molecule has 0 aromatic heterocycles. The lowest BCUT2D eigenvalue weighted by molar-refractivity contribution is -0.128. The lowest BCUT2D eigenvalue weighted by Crippen LogP contribution is -2.35. The second kappa shape index (κ2) is 11.0. The first-order valence-corrected chi connectivity index (χ1v) is 9.76. The van der Waals surface area contributed by atoms with Crippen molar-refractivity contribution in [2.75, 3.05) is 17.6 Å². The third-order valence-electron chi connectivity index (χ3n) is 3.67. The number of thioether (sulfide) groups is 1. The highest BCUT2D eigenvalue weighted by Crippen LogP contribution is 2.24. The van der Waals surface area contributed by atoms with E-state index in [-0.39, 0.29) is 23.8 Å². The Bertz CT molecular complexity index is 887. The summed E-state index contributed by atoms with van der Waals surface area (Å²) in [5, 5.41) is 5.21. The maximum absolute atomic E-state index is 12.9. The summed E-state index contributed by atoms with van der Waals surface area (Å²) in [5.41, 5.74) is 0.736. The topological polar surface area (TPSA) is 84.5 Å². The van der Waals surface area contributed by atoms with Gasteiger partial charge in [-0.1, -0.05) is 18.2 Å². The largest absolute Gasteiger partial charge is 0.449 e. The van der Waals surface area contributed by atoms with Gasteiger partial charge in [-0.2, -0.15) is 0 Å². The minimum absolute atomic E-state index is 0.0387. The van der Waals surface area contributed by atoms with E-state index >= 15 is 0 Å². The highest BCUT2D eigenvalue weighted by Gasteiger charge is 2.20. The van der Waals surface area contributed by atoms with Gasteiger partial charge in [-0.25, -0.2) is 9.18 Å². The molecule has 0 aliphatic heterocycles. The summed E-state index contributed by atoms with van der Waals surface area (Å²) in [4.78, 5) is 37.0. The Morgan fingerprint density at radius 3 is 2.55 bits per heavy atom. The van der Waals surface area contributed by atoms with E-state index in [1.165, 1.54) is 37.3 Å². The number of carbonyl (C=O) groups excluding carboxylic acids is 3. The first-order valence-electron chi connectivity index (χ1n) is 8.77. The number of anilines is 1. The number of benzene rings is 2. The average Bonchev–Trinajstić information content (AvgIpc) is 2.72. The van der Waals surface area contributed by atoms with Crippen LogP contribution in [0.15, 0.2) is 66.1 Å². The third kappa shape index (κ3) is 7.08. The van der Waals surface area contributed by atoms with Crippen molar-refractivity contribution in [3.05, 3.63) is 72.6 Å². The number of ether oxygens (including phenoxy) is 1. The van der Waals surface area contributed by atoms with Crippen molar-refractivity contribution in [2.24, 2.45) is 0 Å². The van der Waals surface area contributed by atoms with Gasteiger partial charge in [0.25, 0.3) is 5.91 Å². The minimum Gasteiger partial charge on any atom is -0.449 e. The molecule has 0 aliphatic rings. The zero-order valence-corrected chi connectivity index (χ0v) is 16.6. The summed E-state index contributed by atoms with van der Waals surface area (Å²) >= 11 is 1.15. The molecule has 2 N–H and O–H groups in total. The van der Waals surface area contributed by atoms with E-state index in [4.69, 9.17) is 4.74 Å². The second-order valence-corrected chi connectivity index (χ2v) is 6.94. The Balaban J connectivity index is 1.96. The maximum Gasteiger partial charge on any atom is 0.340 e. The van der Waals surface area contributed by atoms with Crippen molar-refractivity contribution >= 4 is 35.2 Å². The van der Waals surface area contributed by atoms with Crippen LogP contribution in [0, 0.1) is 5.82 Å². The number of halogens is 1. The molecule has 2 amide bonds. The molecule has 0 unspecified atom stereocenters. The van der Waals surface area contributed by atoms with E-state index in [1.54, 1.807) is 24.3 Å². The van der Waals surface area contributed by atoms with Crippen LogP contribution in [0.5, 0.6) is 0 Å². The monoisotopic (exact) mass is 416 g/mol. The van der Waals surface area contributed by atoms with Gasteiger partial charge in [0.05, 0.1) is 11.3 Å². The van der Waals surface area contributed by atoms with Gasteiger partial charge >= 0.3 is 5.97 Å². The van der Waals surface area contributed by atoms with Crippen molar-refractivity contribution in [2.45, 2.75) is 17.9 Å². The van der Waals surface area contributed by atoms with Crippen molar-refractivity contribution in [3.63, 3.8) is 0 Å². The van der Waals surface area contributed by atoms with Gasteiger partial charge in [-0.05, 0) is 43.3 Å². The molecule has 2 rings (SSSR count). The van der Waals surface area contributed by atoms with E-state index < -0.39 is 23.8 Å². The Hall–Kier alpha value is -3.13. The number of hydrogen-bond acceptors (Lipinski definition) is 5. The van der Waals surface area contributed by atoms with Crippen LogP contribution in [0.2, 0.25) is 0 Å². The summed E-state index contributed by atoms with van der Waals surface area (Å²) in [6.45, 7) is 5.25. The van der Waals surface area contributed by atoms with Gasteiger partial charge in [0.15, 0.2) is 6.10 Å². The fourth-order valence-electron chi connectivity index (χ4n) is 2.23. The maximum atomic E-state index is 12.9. The van der Waals surface area contributed by atoms with Crippen LogP contribution >= 0.6 is 11.8 Å². The number of amides is 2. The molecular weight excluding hydrogens is 395 g/mol. The van der Waals surface area contributed by atoms with E-state index in [2.05, 4.69) is 17.2 Å². The molecule has 6 nitrogen and oxygen atoms in total. The fourth-order valence-corrected chi connectivity index (χ4v) is 3.07. The average molecular weight is 416 g/mol. The molecule has 0 bridgehead atoms. The zero-order chi connectivity index (χ0) is 21.2. The summed E-state index contributed by atoms with van der Waals surface area (Å²) in [7, 11) is 0. The van der Waals surface area contributed by atoms with Gasteiger partial charge in [0.2, 0.25) is 5.91 Å². The molecule has 0 aliphatic carbocycles. The highest BCUT2D eigenvalue weighted by molar-refractivity contribution is 8.00. The third-order valence-corrected chi connectivity index (χ3v) is 4.74. The summed E-state index contributed by atoms with van der Waals surface area (Å²) in [6.07, 6.45) is 0.553. The van der Waals surface area contributed by atoms with Crippen molar-refractivity contribution in [1.29, 1.82) is 0 Å². The molecule has 8 heteroatoms. The zero-order valence-electron chi connectivity index (χ0n) is 15.8. The molecule has 0 fully saturated rings. The number of rotatable bonds is 9. The summed E-state index contributed by atoms with van der Waals surface area (Å²) in [5.74, 6) is -1.74. The van der Waals surface area contributed by atoms with Gasteiger partial charge < -0.3 is 15.4 Å². The first-order chi connectivity index (χ1) is 13.9.